The molecule has 0 aromatic heterocycles. The topological polar surface area (TPSA) is 46.2 Å². The van der Waals surface area contributed by atoms with Crippen molar-refractivity contribution < 1.29 is 9.50 Å². The van der Waals surface area contributed by atoms with Gasteiger partial charge in [0.05, 0.1) is 5.76 Å². The number of rotatable bonds is 3. The number of aliphatic hydroxyl groups excluding tert-OH is 1. The number of allylic oxidation sites excluding steroid dienone is 1. The molecule has 2 atom stereocenters. The summed E-state index contributed by atoms with van der Waals surface area (Å²) >= 11 is 0. The van der Waals surface area contributed by atoms with E-state index in [0.717, 1.165) is 12.8 Å². The maximum atomic E-state index is 13.1. The van der Waals surface area contributed by atoms with Gasteiger partial charge in [0.1, 0.15) is 6.17 Å². The molecule has 0 aliphatic heterocycles. The molecule has 2 nitrogen and oxygen atoms in total. The molecule has 0 radical (unpaired) electrons. The molecular weight excluding hydrogens is 168 g/mol. The van der Waals surface area contributed by atoms with Crippen LogP contribution in [0.25, 0.3) is 0 Å². The third-order valence-corrected chi connectivity index (χ3v) is 2.89. The van der Waals surface area contributed by atoms with Gasteiger partial charge < -0.3 is 10.8 Å². The maximum absolute atomic E-state index is 13.1. The normalized spacial score (nSPS) is 34.5. The largest absolute Gasteiger partial charge is 0.513 e. The highest BCUT2D eigenvalue weighted by Crippen LogP contribution is 2.40. The molecule has 1 fully saturated rings. The molecule has 2 unspecified atom stereocenters. The van der Waals surface area contributed by atoms with Gasteiger partial charge in [-0.2, -0.15) is 0 Å². The van der Waals surface area contributed by atoms with Crippen molar-refractivity contribution in [1.29, 1.82) is 0 Å². The molecule has 0 amide bonds. The van der Waals surface area contributed by atoms with Crippen LogP contribution in [-0.4, -0.2) is 17.8 Å². The second kappa shape index (κ2) is 4.09. The monoisotopic (exact) mass is 186 g/mol. The molecule has 76 valence electrons. The summed E-state index contributed by atoms with van der Waals surface area (Å²) in [5, 5.41) is 9.11. The first-order chi connectivity index (χ1) is 6.08. The van der Waals surface area contributed by atoms with Crippen molar-refractivity contribution in [2.24, 2.45) is 11.1 Å². The standard InChI is InChI=1S/C10H18FNO/c1-8(13)5-10(7-12)4-2-3-9(11)6-10/h9,13H,1-7,12H2/i11-1. The van der Waals surface area contributed by atoms with Crippen molar-refractivity contribution in [2.45, 2.75) is 38.3 Å². The van der Waals surface area contributed by atoms with Crippen molar-refractivity contribution in [2.75, 3.05) is 6.54 Å². The molecular formula is C10H18FNO. The zero-order chi connectivity index (χ0) is 9.90. The molecule has 3 N–H and O–H groups in total. The predicted molar refractivity (Wildman–Crippen MR) is 51.2 cm³/mol. The van der Waals surface area contributed by atoms with Gasteiger partial charge in [0.15, 0.2) is 0 Å². The third-order valence-electron chi connectivity index (χ3n) is 2.89. The summed E-state index contributed by atoms with van der Waals surface area (Å²) in [5.41, 5.74) is 5.40. The fraction of sp³-hybridized carbons (Fsp3) is 0.800. The molecule has 3 heteroatoms. The number of hydrogen-bond donors (Lipinski definition) is 2. The van der Waals surface area contributed by atoms with E-state index in [1.165, 1.54) is 0 Å². The first-order valence-corrected chi connectivity index (χ1v) is 4.79. The molecule has 0 bridgehead atoms. The Bertz CT molecular complexity index is 195. The van der Waals surface area contributed by atoms with Gasteiger partial charge in [-0.1, -0.05) is 6.58 Å². The fourth-order valence-corrected chi connectivity index (χ4v) is 2.22. The highest BCUT2D eigenvalue weighted by molar-refractivity contribution is 4.96. The SMILES string of the molecule is C=C(O)CC1(CN)CCCC([18F])C1. The fourth-order valence-electron chi connectivity index (χ4n) is 2.22. The Hall–Kier alpha value is -0.570. The van der Waals surface area contributed by atoms with Crippen LogP contribution in [0.2, 0.25) is 0 Å². The zero-order valence-corrected chi connectivity index (χ0v) is 7.93. The zero-order valence-electron chi connectivity index (χ0n) is 7.93. The Balaban J connectivity index is 2.61. The first kappa shape index (κ1) is 10.5. The van der Waals surface area contributed by atoms with Gasteiger partial charge in [0, 0.05) is 6.42 Å². The van der Waals surface area contributed by atoms with Gasteiger partial charge in [-0.3, -0.25) is 0 Å². The summed E-state index contributed by atoms with van der Waals surface area (Å²) in [6, 6.07) is 0. The molecule has 1 aliphatic carbocycles. The number of hydrogen-bond acceptors (Lipinski definition) is 2. The minimum Gasteiger partial charge on any atom is -0.513 e. The van der Waals surface area contributed by atoms with Crippen LogP contribution >= 0.6 is 0 Å². The Morgan fingerprint density at radius 3 is 2.85 bits per heavy atom. The minimum atomic E-state index is -0.753. The van der Waals surface area contributed by atoms with Gasteiger partial charge >= 0.3 is 0 Å². The lowest BCUT2D eigenvalue weighted by molar-refractivity contribution is 0.102. The van der Waals surface area contributed by atoms with E-state index < -0.39 is 6.17 Å². The van der Waals surface area contributed by atoms with E-state index in [9.17, 15) is 4.39 Å². The van der Waals surface area contributed by atoms with E-state index in [2.05, 4.69) is 6.58 Å². The molecule has 0 spiro atoms. The highest BCUT2D eigenvalue weighted by atomic mass is 18.2. The van der Waals surface area contributed by atoms with Crippen LogP contribution in [0.3, 0.4) is 0 Å². The second-order valence-corrected chi connectivity index (χ2v) is 4.14. The van der Waals surface area contributed by atoms with Crippen LogP contribution in [0.5, 0.6) is 0 Å². The highest BCUT2D eigenvalue weighted by Gasteiger charge is 2.35. The molecule has 1 rings (SSSR count). The van der Waals surface area contributed by atoms with Crippen LogP contribution in [0, 0.1) is 5.41 Å². The summed E-state index contributed by atoms with van der Waals surface area (Å²) in [6.45, 7) is 3.88. The number of nitrogens with two attached hydrogens (primary N) is 1. The Labute approximate surface area is 78.6 Å². The minimum absolute atomic E-state index is 0.125. The van der Waals surface area contributed by atoms with Crippen LogP contribution in [0.1, 0.15) is 32.1 Å². The lowest BCUT2D eigenvalue weighted by Gasteiger charge is -2.37. The quantitative estimate of drug-likeness (QED) is 0.664. The summed E-state index contributed by atoms with van der Waals surface area (Å²) in [4.78, 5) is 0. The Kier molecular flexibility index (Phi) is 3.31. The second-order valence-electron chi connectivity index (χ2n) is 4.14. The van der Waals surface area contributed by atoms with E-state index in [4.69, 9.17) is 10.8 Å². The van der Waals surface area contributed by atoms with Gasteiger partial charge in [-0.05, 0) is 37.6 Å². The van der Waals surface area contributed by atoms with Crippen molar-refractivity contribution in [3.63, 3.8) is 0 Å². The molecule has 0 heterocycles. The predicted octanol–water partition coefficient (Wildman–Crippen LogP) is 2.31. The van der Waals surface area contributed by atoms with Crippen LogP contribution in [0.4, 0.5) is 4.39 Å². The van der Waals surface area contributed by atoms with Gasteiger partial charge in [-0.25, -0.2) is 4.39 Å². The molecule has 1 aliphatic rings. The van der Waals surface area contributed by atoms with Gasteiger partial charge in [0.2, 0.25) is 0 Å². The summed E-state index contributed by atoms with van der Waals surface area (Å²) < 4.78 is 13.1. The summed E-state index contributed by atoms with van der Waals surface area (Å²) in [5.74, 6) is 0.125. The molecule has 13 heavy (non-hydrogen) atoms. The van der Waals surface area contributed by atoms with E-state index in [0.29, 0.717) is 25.8 Å². The third kappa shape index (κ3) is 2.69. The summed E-state index contributed by atoms with van der Waals surface area (Å²) in [7, 11) is 0. The number of halogens is 1. The molecule has 0 aromatic carbocycles. The Morgan fingerprint density at radius 1 is 1.69 bits per heavy atom. The van der Waals surface area contributed by atoms with Crippen LogP contribution in [-0.2, 0) is 0 Å². The molecule has 0 saturated heterocycles. The van der Waals surface area contributed by atoms with E-state index in [1.54, 1.807) is 0 Å². The van der Waals surface area contributed by atoms with E-state index in [-0.39, 0.29) is 11.2 Å². The first-order valence-electron chi connectivity index (χ1n) is 4.79. The number of alkyl halides is 1. The molecule has 1 saturated carbocycles. The Morgan fingerprint density at radius 2 is 2.38 bits per heavy atom. The van der Waals surface area contributed by atoms with E-state index >= 15 is 0 Å². The maximum Gasteiger partial charge on any atom is 0.101 e. The average Bonchev–Trinajstić information content (AvgIpc) is 2.03. The van der Waals surface area contributed by atoms with Crippen molar-refractivity contribution >= 4 is 0 Å². The number of aliphatic hydroxyl groups is 1. The van der Waals surface area contributed by atoms with Gasteiger partial charge in [0.25, 0.3) is 0 Å². The van der Waals surface area contributed by atoms with E-state index in [1.807, 2.05) is 0 Å². The van der Waals surface area contributed by atoms with Crippen molar-refractivity contribution in [1.82, 2.24) is 0 Å². The van der Waals surface area contributed by atoms with Crippen molar-refractivity contribution in [3.05, 3.63) is 12.3 Å². The lowest BCUT2D eigenvalue weighted by atomic mass is 9.71. The van der Waals surface area contributed by atoms with Crippen LogP contribution in [0.15, 0.2) is 12.3 Å². The summed E-state index contributed by atoms with van der Waals surface area (Å²) in [6.07, 6.45) is 2.58. The molecule has 0 aromatic rings. The van der Waals surface area contributed by atoms with Gasteiger partial charge in [-0.15, -0.1) is 0 Å². The average molecular weight is 186 g/mol. The van der Waals surface area contributed by atoms with Crippen molar-refractivity contribution in [3.8, 4) is 0 Å². The van der Waals surface area contributed by atoms with Crippen LogP contribution < -0.4 is 5.73 Å². The smallest absolute Gasteiger partial charge is 0.101 e. The lowest BCUT2D eigenvalue weighted by Crippen LogP contribution is -2.36.